The lowest BCUT2D eigenvalue weighted by atomic mass is 9.92. The third-order valence-electron chi connectivity index (χ3n) is 11.4. The van der Waals surface area contributed by atoms with E-state index in [2.05, 4.69) is 228 Å². The summed E-state index contributed by atoms with van der Waals surface area (Å²) < 4.78 is 4.89. The molecule has 0 spiro atoms. The summed E-state index contributed by atoms with van der Waals surface area (Å²) in [5.74, 6) is 0. The van der Waals surface area contributed by atoms with Crippen LogP contribution in [0.2, 0.25) is 0 Å². The molecule has 0 N–H and O–H groups in total. The summed E-state index contributed by atoms with van der Waals surface area (Å²) in [6.45, 7) is 0. The first-order valence-corrected chi connectivity index (χ1v) is 19.3. The van der Waals surface area contributed by atoms with Gasteiger partial charge < -0.3 is 9.13 Å². The van der Waals surface area contributed by atoms with E-state index in [4.69, 9.17) is 0 Å². The van der Waals surface area contributed by atoms with E-state index in [1.54, 1.807) is 0 Å². The fourth-order valence-electron chi connectivity index (χ4n) is 8.83. The van der Waals surface area contributed by atoms with Crippen LogP contribution in [0.1, 0.15) is 0 Å². The van der Waals surface area contributed by atoms with E-state index in [9.17, 15) is 0 Å². The Morgan fingerprint density at radius 3 is 1.45 bits per heavy atom. The van der Waals surface area contributed by atoms with Gasteiger partial charge in [0.15, 0.2) is 0 Å². The van der Waals surface area contributed by atoms with Gasteiger partial charge in [-0.3, -0.25) is 0 Å². The number of hydrogen-bond donors (Lipinski definition) is 0. The zero-order valence-electron chi connectivity index (χ0n) is 30.7. The zero-order valence-corrected chi connectivity index (χ0v) is 30.7. The Balaban J connectivity index is 1.10. The fourth-order valence-corrected chi connectivity index (χ4v) is 8.83. The number of rotatable bonds is 6. The van der Waals surface area contributed by atoms with E-state index in [-0.39, 0.29) is 0 Å². The molecule has 0 aliphatic heterocycles. The molecule has 0 saturated carbocycles. The average Bonchev–Trinajstić information content (AvgIpc) is 3.80. The summed E-state index contributed by atoms with van der Waals surface area (Å²) in [5.41, 5.74) is 16.8. The van der Waals surface area contributed by atoms with Crippen LogP contribution in [-0.4, -0.2) is 9.13 Å². The molecule has 262 valence electrons. The third kappa shape index (κ3) is 5.11. The predicted molar refractivity (Wildman–Crippen MR) is 237 cm³/mol. The molecule has 9 aromatic carbocycles. The van der Waals surface area contributed by atoms with Crippen molar-refractivity contribution >= 4 is 43.6 Å². The Bertz CT molecular complexity index is 3220. The monoisotopic (exact) mass is 712 g/mol. The first-order chi connectivity index (χ1) is 27.8. The van der Waals surface area contributed by atoms with Crippen molar-refractivity contribution in [2.45, 2.75) is 0 Å². The van der Waals surface area contributed by atoms with Gasteiger partial charge in [0.05, 0.1) is 27.8 Å². The Kier molecular flexibility index (Phi) is 7.53. The summed E-state index contributed by atoms with van der Waals surface area (Å²) in [7, 11) is 0. The lowest BCUT2D eigenvalue weighted by Gasteiger charge is -2.18. The van der Waals surface area contributed by atoms with Gasteiger partial charge in [0.1, 0.15) is 0 Å². The van der Waals surface area contributed by atoms with Crippen molar-refractivity contribution in [2.75, 3.05) is 0 Å². The highest BCUT2D eigenvalue weighted by molar-refractivity contribution is 6.15. The van der Waals surface area contributed by atoms with Crippen LogP contribution in [0.5, 0.6) is 0 Å². The Morgan fingerprint density at radius 1 is 0.250 bits per heavy atom. The normalized spacial score (nSPS) is 11.6. The Labute approximate surface area is 325 Å². The van der Waals surface area contributed by atoms with Crippen LogP contribution < -0.4 is 0 Å². The predicted octanol–water partition coefficient (Wildman–Crippen LogP) is 14.5. The van der Waals surface area contributed by atoms with E-state index in [1.807, 2.05) is 0 Å². The third-order valence-corrected chi connectivity index (χ3v) is 11.4. The van der Waals surface area contributed by atoms with E-state index in [0.717, 1.165) is 11.4 Å². The molecule has 2 heterocycles. The van der Waals surface area contributed by atoms with Crippen LogP contribution in [0.4, 0.5) is 0 Å². The maximum atomic E-state index is 2.46. The second-order valence-corrected chi connectivity index (χ2v) is 14.5. The highest BCUT2D eigenvalue weighted by Crippen LogP contribution is 2.44. The van der Waals surface area contributed by atoms with E-state index in [1.165, 1.54) is 88.1 Å². The van der Waals surface area contributed by atoms with Crippen molar-refractivity contribution < 1.29 is 0 Å². The van der Waals surface area contributed by atoms with E-state index >= 15 is 0 Å². The molecule has 11 aromatic rings. The van der Waals surface area contributed by atoms with E-state index in [0.29, 0.717) is 0 Å². The summed E-state index contributed by atoms with van der Waals surface area (Å²) in [6.07, 6.45) is 0. The van der Waals surface area contributed by atoms with Crippen molar-refractivity contribution in [3.8, 4) is 55.9 Å². The van der Waals surface area contributed by atoms with Gasteiger partial charge in [-0.2, -0.15) is 0 Å². The molecule has 56 heavy (non-hydrogen) atoms. The largest absolute Gasteiger partial charge is 0.309 e. The molecule has 2 aromatic heterocycles. The molecule has 0 amide bonds. The first-order valence-electron chi connectivity index (χ1n) is 19.3. The average molecular weight is 713 g/mol. The molecule has 0 atom stereocenters. The highest BCUT2D eigenvalue weighted by atomic mass is 15.0. The minimum absolute atomic E-state index is 1.15. The van der Waals surface area contributed by atoms with Gasteiger partial charge in [-0.05, 0) is 75.8 Å². The highest BCUT2D eigenvalue weighted by Gasteiger charge is 2.21. The molecule has 2 nitrogen and oxygen atoms in total. The maximum Gasteiger partial charge on any atom is 0.0619 e. The fraction of sp³-hybridized carbons (Fsp3) is 0. The van der Waals surface area contributed by atoms with E-state index < -0.39 is 0 Å². The van der Waals surface area contributed by atoms with Crippen LogP contribution in [0.15, 0.2) is 218 Å². The smallest absolute Gasteiger partial charge is 0.0619 e. The molecule has 0 bridgehead atoms. The van der Waals surface area contributed by atoms with Crippen LogP contribution in [0, 0.1) is 0 Å². The SMILES string of the molecule is c1ccc(-c2ccc(-c3ccc4c(c3)c3ccccc3n4-c3ccccc3-c3ccccc3-c3cccc4c5ccccc5n(-c5ccccc5)c34)cc2)cc1. The molecular formula is C54H36N2. The standard InChI is InChI=1S/C54H36N2/c1-3-16-37(17-4-1)38-30-32-39(33-31-38)40-34-35-53-49(36-40)46-24-11-14-29-52(46)56(53)51-28-13-9-22-44(51)42-20-7-8-21-43(42)47-25-15-26-48-45-23-10-12-27-50(45)55(54(47)48)41-18-5-2-6-19-41/h1-36H. The van der Waals surface area contributed by atoms with Crippen LogP contribution in [-0.2, 0) is 0 Å². The second-order valence-electron chi connectivity index (χ2n) is 14.5. The minimum atomic E-state index is 1.15. The number of para-hydroxylation sites is 5. The molecule has 0 radical (unpaired) electrons. The van der Waals surface area contributed by atoms with Gasteiger partial charge in [0, 0.05) is 38.4 Å². The number of nitrogens with zero attached hydrogens (tertiary/aromatic N) is 2. The van der Waals surface area contributed by atoms with Crippen LogP contribution in [0.3, 0.4) is 0 Å². The van der Waals surface area contributed by atoms with Crippen molar-refractivity contribution in [3.63, 3.8) is 0 Å². The molecule has 0 aliphatic rings. The maximum absolute atomic E-state index is 2.46. The van der Waals surface area contributed by atoms with Crippen molar-refractivity contribution in [1.82, 2.24) is 9.13 Å². The summed E-state index contributed by atoms with van der Waals surface area (Å²) >= 11 is 0. The van der Waals surface area contributed by atoms with Gasteiger partial charge in [-0.1, -0.05) is 176 Å². The first kappa shape index (κ1) is 32.0. The van der Waals surface area contributed by atoms with Gasteiger partial charge in [0.2, 0.25) is 0 Å². The molecule has 0 aliphatic carbocycles. The number of hydrogen-bond acceptors (Lipinski definition) is 0. The summed E-state index contributed by atoms with van der Waals surface area (Å²) in [4.78, 5) is 0. The Morgan fingerprint density at radius 2 is 0.714 bits per heavy atom. The second kappa shape index (κ2) is 13.2. The van der Waals surface area contributed by atoms with Gasteiger partial charge in [0.25, 0.3) is 0 Å². The summed E-state index contributed by atoms with van der Waals surface area (Å²) in [5, 5.41) is 4.98. The lowest BCUT2D eigenvalue weighted by molar-refractivity contribution is 1.18. The molecule has 2 heteroatoms. The molecule has 0 fully saturated rings. The van der Waals surface area contributed by atoms with Crippen LogP contribution in [0.25, 0.3) is 99.5 Å². The van der Waals surface area contributed by atoms with Crippen molar-refractivity contribution in [2.24, 2.45) is 0 Å². The number of aromatic nitrogens is 2. The van der Waals surface area contributed by atoms with Crippen molar-refractivity contribution in [3.05, 3.63) is 218 Å². The van der Waals surface area contributed by atoms with Crippen molar-refractivity contribution in [1.29, 1.82) is 0 Å². The topological polar surface area (TPSA) is 9.86 Å². The van der Waals surface area contributed by atoms with Gasteiger partial charge in [-0.25, -0.2) is 0 Å². The van der Waals surface area contributed by atoms with Gasteiger partial charge >= 0.3 is 0 Å². The lowest BCUT2D eigenvalue weighted by Crippen LogP contribution is -1.99. The van der Waals surface area contributed by atoms with Crippen LogP contribution >= 0.6 is 0 Å². The molecule has 0 unspecified atom stereocenters. The zero-order chi connectivity index (χ0) is 37.0. The molecular weight excluding hydrogens is 677 g/mol. The minimum Gasteiger partial charge on any atom is -0.309 e. The number of fused-ring (bicyclic) bond motifs is 6. The van der Waals surface area contributed by atoms with Gasteiger partial charge in [-0.15, -0.1) is 0 Å². The molecule has 11 rings (SSSR count). The molecule has 0 saturated heterocycles. The number of benzene rings is 9. The quantitative estimate of drug-likeness (QED) is 0.162. The summed E-state index contributed by atoms with van der Waals surface area (Å²) in [6, 6.07) is 79.4. The Hall–Kier alpha value is -7.42.